The van der Waals surface area contributed by atoms with Crippen LogP contribution in [0.1, 0.15) is 39.2 Å². The molecule has 0 bridgehead atoms. The summed E-state index contributed by atoms with van der Waals surface area (Å²) in [5, 5.41) is 0. The van der Waals surface area contributed by atoms with E-state index in [2.05, 4.69) is 17.1 Å². The minimum atomic E-state index is -0.0951. The quantitative estimate of drug-likeness (QED) is 0.842. The lowest BCUT2D eigenvalue weighted by Crippen LogP contribution is -2.40. The second kappa shape index (κ2) is 5.78. The van der Waals surface area contributed by atoms with Gasteiger partial charge in [0.1, 0.15) is 5.69 Å². The van der Waals surface area contributed by atoms with Crippen molar-refractivity contribution in [2.75, 3.05) is 19.6 Å². The number of aromatic nitrogens is 2. The van der Waals surface area contributed by atoms with Gasteiger partial charge in [-0.2, -0.15) is 0 Å². The summed E-state index contributed by atoms with van der Waals surface area (Å²) in [5.74, 6) is 0.193. The topological polar surface area (TPSA) is 58.4 Å². The summed E-state index contributed by atoms with van der Waals surface area (Å²) in [7, 11) is 0. The number of carbonyl (C=O) groups is 2. The van der Waals surface area contributed by atoms with E-state index in [1.165, 1.54) is 11.1 Å². The Morgan fingerprint density at radius 3 is 2.75 bits per heavy atom. The number of rotatable bonds is 2. The third-order valence-electron chi connectivity index (χ3n) is 4.88. The zero-order chi connectivity index (χ0) is 16.7. The molecule has 6 nitrogen and oxygen atoms in total. The summed E-state index contributed by atoms with van der Waals surface area (Å²) < 4.78 is 1.81. The minimum Gasteiger partial charge on any atom is -0.334 e. The third-order valence-corrected chi connectivity index (χ3v) is 4.88. The fraction of sp³-hybridized carbons (Fsp3) is 0.389. The van der Waals surface area contributed by atoms with Crippen molar-refractivity contribution in [1.82, 2.24) is 19.4 Å². The highest BCUT2D eigenvalue weighted by Crippen LogP contribution is 2.21. The smallest absolute Gasteiger partial charge is 0.289 e. The van der Waals surface area contributed by atoms with E-state index in [1.54, 1.807) is 15.7 Å². The summed E-state index contributed by atoms with van der Waals surface area (Å²) in [6, 6.07) is 8.21. The molecule has 6 heteroatoms. The fourth-order valence-electron chi connectivity index (χ4n) is 3.46. The van der Waals surface area contributed by atoms with Crippen LogP contribution in [-0.4, -0.2) is 50.8 Å². The van der Waals surface area contributed by atoms with Gasteiger partial charge in [-0.25, -0.2) is 4.98 Å². The maximum atomic E-state index is 12.8. The van der Waals surface area contributed by atoms with E-state index in [4.69, 9.17) is 0 Å². The lowest BCUT2D eigenvalue weighted by molar-refractivity contribution is 0.0707. The first kappa shape index (κ1) is 14.9. The van der Waals surface area contributed by atoms with Gasteiger partial charge in [-0.15, -0.1) is 0 Å². The third kappa shape index (κ3) is 2.38. The lowest BCUT2D eigenvalue weighted by atomic mass is 10.00. The summed E-state index contributed by atoms with van der Waals surface area (Å²) >= 11 is 0. The van der Waals surface area contributed by atoms with E-state index in [0.717, 1.165) is 6.42 Å². The van der Waals surface area contributed by atoms with Crippen LogP contribution in [0, 0.1) is 0 Å². The molecule has 4 rings (SSSR count). The van der Waals surface area contributed by atoms with Gasteiger partial charge < -0.3 is 14.4 Å². The van der Waals surface area contributed by atoms with Crippen molar-refractivity contribution in [3.63, 3.8) is 0 Å². The molecule has 0 unspecified atom stereocenters. The van der Waals surface area contributed by atoms with Crippen molar-refractivity contribution >= 4 is 11.8 Å². The highest BCUT2D eigenvalue weighted by Gasteiger charge is 2.29. The second-order valence-corrected chi connectivity index (χ2v) is 6.27. The molecule has 0 spiro atoms. The standard InChI is InChI=1S/C18H20N4O2/c1-2-20-9-10-21-12-15(19-16(21)18(20)24)17(23)22-8-7-13-5-3-4-6-14(13)11-22/h3-6,12H,2,7-11H2,1H3. The number of fused-ring (bicyclic) bond motifs is 2. The Morgan fingerprint density at radius 2 is 1.96 bits per heavy atom. The van der Waals surface area contributed by atoms with Crippen molar-refractivity contribution in [2.45, 2.75) is 26.4 Å². The van der Waals surface area contributed by atoms with Gasteiger partial charge in [-0.05, 0) is 24.5 Å². The molecule has 1 aromatic carbocycles. The molecule has 2 aromatic rings. The molecule has 24 heavy (non-hydrogen) atoms. The molecule has 0 saturated heterocycles. The Labute approximate surface area is 140 Å². The van der Waals surface area contributed by atoms with Gasteiger partial charge in [0, 0.05) is 38.9 Å². The van der Waals surface area contributed by atoms with E-state index < -0.39 is 0 Å². The molecule has 2 aliphatic heterocycles. The van der Waals surface area contributed by atoms with Crippen molar-refractivity contribution in [3.8, 4) is 0 Å². The SMILES string of the molecule is CCN1CCn2cc(C(=O)N3CCc4ccccc4C3)nc2C1=O. The van der Waals surface area contributed by atoms with Gasteiger partial charge in [0.05, 0.1) is 0 Å². The number of nitrogens with zero attached hydrogens (tertiary/aromatic N) is 4. The Bertz CT molecular complexity index is 811. The van der Waals surface area contributed by atoms with Gasteiger partial charge in [0.15, 0.2) is 5.82 Å². The zero-order valence-corrected chi connectivity index (χ0v) is 13.7. The molecule has 1 aromatic heterocycles. The number of carbonyl (C=O) groups excluding carboxylic acids is 2. The first-order chi connectivity index (χ1) is 11.7. The first-order valence-corrected chi connectivity index (χ1v) is 8.40. The van der Waals surface area contributed by atoms with Crippen molar-refractivity contribution in [2.24, 2.45) is 0 Å². The highest BCUT2D eigenvalue weighted by molar-refractivity contribution is 5.96. The van der Waals surface area contributed by atoms with Crippen LogP contribution in [0.3, 0.4) is 0 Å². The average Bonchev–Trinajstić information content (AvgIpc) is 3.06. The number of likely N-dealkylation sites (N-methyl/N-ethyl adjacent to an activating group) is 1. The normalized spacial score (nSPS) is 16.8. The van der Waals surface area contributed by atoms with Crippen molar-refractivity contribution in [1.29, 1.82) is 0 Å². The number of hydrogen-bond acceptors (Lipinski definition) is 3. The molecule has 0 radical (unpaired) electrons. The number of hydrogen-bond donors (Lipinski definition) is 0. The van der Waals surface area contributed by atoms with E-state index in [9.17, 15) is 9.59 Å². The largest absolute Gasteiger partial charge is 0.334 e. The van der Waals surface area contributed by atoms with Gasteiger partial charge in [-0.1, -0.05) is 24.3 Å². The van der Waals surface area contributed by atoms with Gasteiger partial charge in [-0.3, -0.25) is 9.59 Å². The Kier molecular flexibility index (Phi) is 3.59. The molecular weight excluding hydrogens is 304 g/mol. The average molecular weight is 324 g/mol. The second-order valence-electron chi connectivity index (χ2n) is 6.27. The Morgan fingerprint density at radius 1 is 1.17 bits per heavy atom. The van der Waals surface area contributed by atoms with E-state index in [1.807, 2.05) is 24.0 Å². The van der Waals surface area contributed by atoms with Gasteiger partial charge >= 0.3 is 0 Å². The van der Waals surface area contributed by atoms with Crippen LogP contribution in [0.5, 0.6) is 0 Å². The molecule has 0 N–H and O–H groups in total. The maximum Gasteiger partial charge on any atom is 0.289 e. The van der Waals surface area contributed by atoms with E-state index in [0.29, 0.717) is 44.2 Å². The predicted molar refractivity (Wildman–Crippen MR) is 88.7 cm³/mol. The first-order valence-electron chi connectivity index (χ1n) is 8.40. The molecule has 3 heterocycles. The fourth-order valence-corrected chi connectivity index (χ4v) is 3.46. The monoisotopic (exact) mass is 324 g/mol. The van der Waals surface area contributed by atoms with E-state index >= 15 is 0 Å². The zero-order valence-electron chi connectivity index (χ0n) is 13.7. The molecule has 2 aliphatic rings. The van der Waals surface area contributed by atoms with Crippen molar-refractivity contribution in [3.05, 3.63) is 53.1 Å². The lowest BCUT2D eigenvalue weighted by Gasteiger charge is -2.28. The summed E-state index contributed by atoms with van der Waals surface area (Å²) in [5.41, 5.74) is 2.87. The molecule has 2 amide bonds. The Hall–Kier alpha value is -2.63. The summed E-state index contributed by atoms with van der Waals surface area (Å²) in [4.78, 5) is 33.1. The van der Waals surface area contributed by atoms with Crippen LogP contribution < -0.4 is 0 Å². The van der Waals surface area contributed by atoms with Crippen LogP contribution in [0.2, 0.25) is 0 Å². The number of imidazole rings is 1. The highest BCUT2D eigenvalue weighted by atomic mass is 16.2. The molecule has 0 fully saturated rings. The Balaban J connectivity index is 1.57. The van der Waals surface area contributed by atoms with Crippen LogP contribution in [0.15, 0.2) is 30.5 Å². The number of amides is 2. The van der Waals surface area contributed by atoms with Crippen LogP contribution in [-0.2, 0) is 19.5 Å². The molecule has 0 saturated carbocycles. The summed E-state index contributed by atoms with van der Waals surface area (Å²) in [6.45, 7) is 5.27. The predicted octanol–water partition coefficient (Wildman–Crippen LogP) is 1.56. The van der Waals surface area contributed by atoms with Crippen LogP contribution >= 0.6 is 0 Å². The summed E-state index contributed by atoms with van der Waals surface area (Å²) in [6.07, 6.45) is 2.58. The van der Waals surface area contributed by atoms with E-state index in [-0.39, 0.29) is 11.8 Å². The molecular formula is C18H20N4O2. The van der Waals surface area contributed by atoms with Crippen LogP contribution in [0.4, 0.5) is 0 Å². The minimum absolute atomic E-state index is 0.0909. The molecule has 0 atom stereocenters. The van der Waals surface area contributed by atoms with Crippen molar-refractivity contribution < 1.29 is 9.59 Å². The number of benzene rings is 1. The van der Waals surface area contributed by atoms with Gasteiger partial charge in [0.2, 0.25) is 0 Å². The van der Waals surface area contributed by atoms with Crippen LogP contribution in [0.25, 0.3) is 0 Å². The molecule has 124 valence electrons. The molecule has 0 aliphatic carbocycles. The maximum absolute atomic E-state index is 12.8. The van der Waals surface area contributed by atoms with Gasteiger partial charge in [0.25, 0.3) is 11.8 Å².